The number of nitrogens with zero attached hydrogens (tertiary/aromatic N) is 2. The molecule has 0 aliphatic carbocycles. The van der Waals surface area contributed by atoms with Gasteiger partial charge in [0.15, 0.2) is 0 Å². The molecule has 2 heterocycles. The standard InChI is InChI=1S/C11H16BrN3O.ClH/c1-2-14-6-8(12)5-10(14)11(16)15-4-3-9(13)7-15;/h5-6,9H,2-4,7,13H2,1H3;1H. The van der Waals surface area contributed by atoms with Crippen LogP contribution in [0.2, 0.25) is 0 Å². The summed E-state index contributed by atoms with van der Waals surface area (Å²) in [6.45, 7) is 4.27. The number of amides is 1. The van der Waals surface area contributed by atoms with Crippen molar-refractivity contribution in [3.63, 3.8) is 0 Å². The molecule has 2 rings (SSSR count). The molecule has 0 saturated carbocycles. The van der Waals surface area contributed by atoms with Gasteiger partial charge in [0.25, 0.3) is 5.91 Å². The first-order valence-electron chi connectivity index (χ1n) is 5.52. The number of hydrogen-bond acceptors (Lipinski definition) is 2. The lowest BCUT2D eigenvalue weighted by Gasteiger charge is -2.16. The highest BCUT2D eigenvalue weighted by molar-refractivity contribution is 9.10. The van der Waals surface area contributed by atoms with Gasteiger partial charge in [-0.05, 0) is 35.3 Å². The molecule has 1 unspecified atom stereocenters. The number of aromatic nitrogens is 1. The number of hydrogen-bond donors (Lipinski definition) is 1. The Morgan fingerprint density at radius 3 is 2.88 bits per heavy atom. The van der Waals surface area contributed by atoms with Gasteiger partial charge in [0.05, 0.1) is 0 Å². The van der Waals surface area contributed by atoms with E-state index in [0.29, 0.717) is 6.54 Å². The van der Waals surface area contributed by atoms with E-state index in [1.807, 2.05) is 28.7 Å². The van der Waals surface area contributed by atoms with Crippen LogP contribution in [0.4, 0.5) is 0 Å². The average molecular weight is 323 g/mol. The highest BCUT2D eigenvalue weighted by Gasteiger charge is 2.26. The van der Waals surface area contributed by atoms with Crippen molar-refractivity contribution in [2.75, 3.05) is 13.1 Å². The van der Waals surface area contributed by atoms with Gasteiger partial charge in [-0.1, -0.05) is 0 Å². The Kier molecular flexibility index (Phi) is 5.04. The third kappa shape index (κ3) is 3.03. The van der Waals surface area contributed by atoms with Crippen LogP contribution >= 0.6 is 28.3 Å². The minimum Gasteiger partial charge on any atom is -0.343 e. The maximum Gasteiger partial charge on any atom is 0.270 e. The maximum atomic E-state index is 12.2. The van der Waals surface area contributed by atoms with Gasteiger partial charge in [0.2, 0.25) is 0 Å². The van der Waals surface area contributed by atoms with Crippen LogP contribution in [0.3, 0.4) is 0 Å². The lowest BCUT2D eigenvalue weighted by Crippen LogP contribution is -2.33. The van der Waals surface area contributed by atoms with Crippen molar-refractivity contribution in [1.82, 2.24) is 9.47 Å². The summed E-state index contributed by atoms with van der Waals surface area (Å²) in [5.74, 6) is 0.0838. The fraction of sp³-hybridized carbons (Fsp3) is 0.545. The van der Waals surface area contributed by atoms with Gasteiger partial charge in [0.1, 0.15) is 5.69 Å². The van der Waals surface area contributed by atoms with Crippen LogP contribution in [0.25, 0.3) is 0 Å². The maximum absolute atomic E-state index is 12.2. The smallest absolute Gasteiger partial charge is 0.270 e. The minimum atomic E-state index is 0. The fourth-order valence-corrected chi connectivity index (χ4v) is 2.51. The second kappa shape index (κ2) is 5.89. The molecule has 1 saturated heterocycles. The number of nitrogens with two attached hydrogens (primary N) is 1. The van der Waals surface area contributed by atoms with Crippen LogP contribution in [0.1, 0.15) is 23.8 Å². The molecule has 0 spiro atoms. The molecule has 0 radical (unpaired) electrons. The van der Waals surface area contributed by atoms with Gasteiger partial charge < -0.3 is 15.2 Å². The molecule has 0 aromatic carbocycles. The van der Waals surface area contributed by atoms with E-state index in [9.17, 15) is 4.79 Å². The molecule has 1 aliphatic rings. The topological polar surface area (TPSA) is 51.3 Å². The molecule has 96 valence electrons. The van der Waals surface area contributed by atoms with Gasteiger partial charge >= 0.3 is 0 Å². The summed E-state index contributed by atoms with van der Waals surface area (Å²) in [5, 5.41) is 0. The van der Waals surface area contributed by atoms with Gasteiger partial charge in [-0.2, -0.15) is 0 Å². The molecule has 1 aromatic rings. The van der Waals surface area contributed by atoms with Gasteiger partial charge in [-0.25, -0.2) is 0 Å². The van der Waals surface area contributed by atoms with E-state index in [0.717, 1.165) is 29.7 Å². The number of rotatable bonds is 2. The van der Waals surface area contributed by atoms with Crippen molar-refractivity contribution in [2.45, 2.75) is 25.9 Å². The van der Waals surface area contributed by atoms with Crippen molar-refractivity contribution in [1.29, 1.82) is 0 Å². The predicted molar refractivity (Wildman–Crippen MR) is 73.5 cm³/mol. The molecule has 1 aromatic heterocycles. The first kappa shape index (κ1) is 14.5. The highest BCUT2D eigenvalue weighted by Crippen LogP contribution is 2.18. The Bertz CT molecular complexity index is 407. The van der Waals surface area contributed by atoms with Crippen molar-refractivity contribution in [3.8, 4) is 0 Å². The summed E-state index contributed by atoms with van der Waals surface area (Å²) in [4.78, 5) is 14.0. The van der Waals surface area contributed by atoms with Crippen LogP contribution < -0.4 is 5.73 Å². The van der Waals surface area contributed by atoms with Crippen LogP contribution in [-0.2, 0) is 6.54 Å². The lowest BCUT2D eigenvalue weighted by atomic mass is 10.3. The summed E-state index contributed by atoms with van der Waals surface area (Å²) in [7, 11) is 0. The average Bonchev–Trinajstić information content (AvgIpc) is 2.83. The second-order valence-electron chi connectivity index (χ2n) is 4.13. The fourth-order valence-electron chi connectivity index (χ4n) is 2.05. The zero-order valence-corrected chi connectivity index (χ0v) is 12.1. The van der Waals surface area contributed by atoms with Gasteiger partial charge in [-0.15, -0.1) is 12.4 Å². The predicted octanol–water partition coefficient (Wildman–Crippen LogP) is 1.87. The largest absolute Gasteiger partial charge is 0.343 e. The Balaban J connectivity index is 0.00000144. The molecule has 17 heavy (non-hydrogen) atoms. The van der Waals surface area contributed by atoms with E-state index in [1.54, 1.807) is 0 Å². The number of carbonyl (C=O) groups is 1. The molecule has 4 nitrogen and oxygen atoms in total. The van der Waals surface area contributed by atoms with E-state index in [4.69, 9.17) is 5.73 Å². The number of likely N-dealkylation sites (tertiary alicyclic amines) is 1. The Labute approximate surface area is 116 Å². The first-order chi connectivity index (χ1) is 7.61. The molecule has 2 N–H and O–H groups in total. The third-order valence-corrected chi connectivity index (χ3v) is 3.37. The highest BCUT2D eigenvalue weighted by atomic mass is 79.9. The van der Waals surface area contributed by atoms with Crippen LogP contribution in [0.5, 0.6) is 0 Å². The molecule has 1 atom stereocenters. The van der Waals surface area contributed by atoms with E-state index in [2.05, 4.69) is 15.9 Å². The second-order valence-corrected chi connectivity index (χ2v) is 5.05. The van der Waals surface area contributed by atoms with Crippen molar-refractivity contribution in [3.05, 3.63) is 22.4 Å². The molecule has 6 heteroatoms. The van der Waals surface area contributed by atoms with Crippen LogP contribution in [0.15, 0.2) is 16.7 Å². The quantitative estimate of drug-likeness (QED) is 0.903. The zero-order valence-electron chi connectivity index (χ0n) is 9.73. The van der Waals surface area contributed by atoms with E-state index >= 15 is 0 Å². The normalized spacial score (nSPS) is 19.2. The van der Waals surface area contributed by atoms with Crippen LogP contribution in [-0.4, -0.2) is 34.5 Å². The third-order valence-electron chi connectivity index (χ3n) is 2.93. The monoisotopic (exact) mass is 321 g/mol. The minimum absolute atomic E-state index is 0. The van der Waals surface area contributed by atoms with Gasteiger partial charge in [-0.3, -0.25) is 4.79 Å². The summed E-state index contributed by atoms with van der Waals surface area (Å²) in [6.07, 6.45) is 2.84. The van der Waals surface area contributed by atoms with Gasteiger partial charge in [0, 0.05) is 36.3 Å². The zero-order chi connectivity index (χ0) is 11.7. The summed E-state index contributed by atoms with van der Waals surface area (Å²) in [5.41, 5.74) is 6.55. The Morgan fingerprint density at radius 2 is 2.35 bits per heavy atom. The summed E-state index contributed by atoms with van der Waals surface area (Å²) in [6, 6.07) is 2.01. The van der Waals surface area contributed by atoms with E-state index < -0.39 is 0 Å². The molecular weight excluding hydrogens is 305 g/mol. The molecule has 1 amide bonds. The van der Waals surface area contributed by atoms with E-state index in [1.165, 1.54) is 0 Å². The summed E-state index contributed by atoms with van der Waals surface area (Å²) < 4.78 is 2.90. The van der Waals surface area contributed by atoms with Crippen molar-refractivity contribution < 1.29 is 4.79 Å². The molecular formula is C11H17BrClN3O. The SMILES string of the molecule is CCn1cc(Br)cc1C(=O)N1CCC(N)C1.Cl. The summed E-state index contributed by atoms with van der Waals surface area (Å²) >= 11 is 3.40. The Morgan fingerprint density at radius 1 is 1.65 bits per heavy atom. The number of halogens is 2. The first-order valence-corrected chi connectivity index (χ1v) is 6.31. The molecule has 1 aliphatic heterocycles. The lowest BCUT2D eigenvalue weighted by molar-refractivity contribution is 0.0780. The molecule has 1 fully saturated rings. The number of carbonyl (C=O) groups excluding carboxylic acids is 1. The number of aryl methyl sites for hydroxylation is 1. The molecule has 0 bridgehead atoms. The van der Waals surface area contributed by atoms with Crippen molar-refractivity contribution in [2.24, 2.45) is 5.73 Å². The van der Waals surface area contributed by atoms with E-state index in [-0.39, 0.29) is 24.4 Å². The Hall–Kier alpha value is -0.520. The van der Waals surface area contributed by atoms with Crippen molar-refractivity contribution >= 4 is 34.2 Å². The van der Waals surface area contributed by atoms with Crippen LogP contribution in [0, 0.1) is 0 Å².